The molecule has 1 N–H and O–H groups in total. The Bertz CT molecular complexity index is 957. The van der Waals surface area contributed by atoms with Crippen LogP contribution in [0.5, 0.6) is 0 Å². The van der Waals surface area contributed by atoms with Crippen molar-refractivity contribution in [3.8, 4) is 0 Å². The number of piperazine rings is 1. The molecule has 162 valence electrons. The molecule has 1 amide bonds. The van der Waals surface area contributed by atoms with E-state index >= 15 is 0 Å². The van der Waals surface area contributed by atoms with Crippen molar-refractivity contribution in [2.24, 2.45) is 0 Å². The number of nitrogens with zero attached hydrogens (tertiary/aromatic N) is 2. The molecule has 13 heteroatoms. The van der Waals surface area contributed by atoms with E-state index in [2.05, 4.69) is 4.72 Å². The highest BCUT2D eigenvalue weighted by Gasteiger charge is 2.28. The molecule has 0 bridgehead atoms. The number of hydrogen-bond acceptors (Lipinski definition) is 7. The fraction of sp³-hybridized carbons (Fsp3) is 0.500. The predicted molar refractivity (Wildman–Crippen MR) is 105 cm³/mol. The smallest absolute Gasteiger partial charge is 0.324 e. The third-order valence-electron chi connectivity index (χ3n) is 4.21. The summed E-state index contributed by atoms with van der Waals surface area (Å²) in [6.45, 7) is 1.42. The molecule has 1 atom stereocenters. The van der Waals surface area contributed by atoms with Crippen molar-refractivity contribution in [1.29, 1.82) is 0 Å². The van der Waals surface area contributed by atoms with Crippen molar-refractivity contribution in [2.45, 2.75) is 17.9 Å². The van der Waals surface area contributed by atoms with Gasteiger partial charge in [0.15, 0.2) is 6.61 Å². The second-order valence-corrected chi connectivity index (χ2v) is 10.6. The highest BCUT2D eigenvalue weighted by molar-refractivity contribution is 7.89. The van der Waals surface area contributed by atoms with Crippen LogP contribution in [0, 0.1) is 0 Å². The van der Waals surface area contributed by atoms with Gasteiger partial charge in [0.25, 0.3) is 5.91 Å². The van der Waals surface area contributed by atoms with Crippen LogP contribution in [-0.4, -0.2) is 83.0 Å². The van der Waals surface area contributed by atoms with Gasteiger partial charge in [-0.15, -0.1) is 0 Å². The molecule has 29 heavy (non-hydrogen) atoms. The summed E-state index contributed by atoms with van der Waals surface area (Å²) in [6, 6.07) is 4.18. The summed E-state index contributed by atoms with van der Waals surface area (Å²) in [4.78, 5) is 25.5. The Morgan fingerprint density at radius 1 is 1.10 bits per heavy atom. The molecule has 0 saturated carbocycles. The topological polar surface area (TPSA) is 130 Å². The van der Waals surface area contributed by atoms with E-state index in [4.69, 9.17) is 16.3 Å². The first kappa shape index (κ1) is 23.5. The van der Waals surface area contributed by atoms with Gasteiger partial charge in [-0.1, -0.05) is 11.6 Å². The summed E-state index contributed by atoms with van der Waals surface area (Å²) < 4.78 is 55.8. The van der Waals surface area contributed by atoms with Crippen LogP contribution in [-0.2, 0) is 34.4 Å². The number of amides is 1. The number of halogens is 1. The van der Waals surface area contributed by atoms with E-state index in [9.17, 15) is 26.4 Å². The molecule has 1 aromatic rings. The summed E-state index contributed by atoms with van der Waals surface area (Å²) in [5.41, 5.74) is 0. The minimum atomic E-state index is -3.97. The molecule has 1 aromatic carbocycles. The van der Waals surface area contributed by atoms with Gasteiger partial charge in [-0.2, -0.15) is 9.03 Å². The van der Waals surface area contributed by atoms with Crippen molar-refractivity contribution in [3.05, 3.63) is 29.3 Å². The Labute approximate surface area is 174 Å². The lowest BCUT2D eigenvalue weighted by Crippen LogP contribution is -2.51. The van der Waals surface area contributed by atoms with E-state index in [0.717, 1.165) is 6.26 Å². The summed E-state index contributed by atoms with van der Waals surface area (Å²) in [6.07, 6.45) is 1.10. The molecular formula is C16H22ClN3O7S2. The second kappa shape index (κ2) is 9.39. The average Bonchev–Trinajstić information content (AvgIpc) is 2.65. The highest BCUT2D eigenvalue weighted by Crippen LogP contribution is 2.14. The number of ether oxygens (including phenoxy) is 1. The van der Waals surface area contributed by atoms with Crippen LogP contribution in [0.15, 0.2) is 29.2 Å². The average molecular weight is 468 g/mol. The molecule has 0 aliphatic carbocycles. The maximum absolute atomic E-state index is 12.3. The minimum absolute atomic E-state index is 0.0682. The molecule has 1 saturated heterocycles. The van der Waals surface area contributed by atoms with Gasteiger partial charge in [-0.3, -0.25) is 9.59 Å². The normalized spacial score (nSPS) is 17.0. The number of esters is 1. The molecule has 1 aliphatic rings. The lowest BCUT2D eigenvalue weighted by Gasteiger charge is -2.33. The predicted octanol–water partition coefficient (Wildman–Crippen LogP) is -0.346. The largest absolute Gasteiger partial charge is 0.454 e. The lowest BCUT2D eigenvalue weighted by molar-refractivity contribution is -0.153. The van der Waals surface area contributed by atoms with Gasteiger partial charge in [-0.05, 0) is 31.2 Å². The number of sulfonamides is 2. The molecule has 0 spiro atoms. The molecule has 1 heterocycles. The quantitative estimate of drug-likeness (QED) is 0.542. The van der Waals surface area contributed by atoms with Gasteiger partial charge in [0, 0.05) is 31.2 Å². The Balaban J connectivity index is 1.84. The highest BCUT2D eigenvalue weighted by atomic mass is 35.5. The third-order valence-corrected chi connectivity index (χ3v) is 7.32. The van der Waals surface area contributed by atoms with Crippen LogP contribution in [0.4, 0.5) is 0 Å². The molecule has 1 aliphatic heterocycles. The fourth-order valence-electron chi connectivity index (χ4n) is 2.58. The minimum Gasteiger partial charge on any atom is -0.454 e. The maximum atomic E-state index is 12.3. The number of hydrogen-bond donors (Lipinski definition) is 1. The third kappa shape index (κ3) is 6.64. The van der Waals surface area contributed by atoms with Crippen LogP contribution >= 0.6 is 11.6 Å². The molecule has 0 unspecified atom stereocenters. The maximum Gasteiger partial charge on any atom is 0.324 e. The van der Waals surface area contributed by atoms with Crippen molar-refractivity contribution in [2.75, 3.05) is 39.0 Å². The van der Waals surface area contributed by atoms with E-state index in [0.29, 0.717) is 5.02 Å². The second-order valence-electron chi connectivity index (χ2n) is 6.45. The standard InChI is InChI=1S/C16H22ClN3O7S2/c1-12(18-29(25,26)14-5-3-13(17)4-6-14)16(22)27-11-15(21)19-7-9-20(10-8-19)28(2,23)24/h3-6,12,18H,7-11H2,1-2H3/t12-/m0/s1. The number of benzene rings is 1. The van der Waals surface area contributed by atoms with Crippen molar-refractivity contribution in [1.82, 2.24) is 13.9 Å². The summed E-state index contributed by atoms with van der Waals surface area (Å²) in [7, 11) is -7.28. The summed E-state index contributed by atoms with van der Waals surface area (Å²) >= 11 is 5.73. The fourth-order valence-corrected chi connectivity index (χ4v) is 4.73. The van der Waals surface area contributed by atoms with Crippen molar-refractivity contribution < 1.29 is 31.2 Å². The zero-order chi connectivity index (χ0) is 21.8. The Morgan fingerprint density at radius 2 is 1.66 bits per heavy atom. The first-order chi connectivity index (χ1) is 13.4. The van der Waals surface area contributed by atoms with Gasteiger partial charge in [0.1, 0.15) is 6.04 Å². The first-order valence-corrected chi connectivity index (χ1v) is 12.3. The molecule has 10 nitrogen and oxygen atoms in total. The summed E-state index contributed by atoms with van der Waals surface area (Å²) in [5.74, 6) is -1.40. The van der Waals surface area contributed by atoms with Crippen molar-refractivity contribution >= 4 is 43.5 Å². The van der Waals surface area contributed by atoms with E-state index in [1.165, 1.54) is 40.4 Å². The number of carbonyl (C=O) groups excluding carboxylic acids is 2. The van der Waals surface area contributed by atoms with E-state index in [1.807, 2.05) is 0 Å². The van der Waals surface area contributed by atoms with E-state index in [-0.39, 0.29) is 31.1 Å². The van der Waals surface area contributed by atoms with E-state index < -0.39 is 44.6 Å². The molecule has 2 rings (SSSR count). The first-order valence-electron chi connectivity index (χ1n) is 8.57. The van der Waals surface area contributed by atoms with E-state index in [1.54, 1.807) is 0 Å². The van der Waals surface area contributed by atoms with Gasteiger partial charge in [0.2, 0.25) is 20.0 Å². The zero-order valence-electron chi connectivity index (χ0n) is 15.9. The molecule has 1 fully saturated rings. The zero-order valence-corrected chi connectivity index (χ0v) is 18.3. The van der Waals surface area contributed by atoms with Crippen molar-refractivity contribution in [3.63, 3.8) is 0 Å². The van der Waals surface area contributed by atoms with Gasteiger partial charge >= 0.3 is 5.97 Å². The van der Waals surface area contributed by atoms with Crippen LogP contribution in [0.25, 0.3) is 0 Å². The van der Waals surface area contributed by atoms with Gasteiger partial charge in [-0.25, -0.2) is 16.8 Å². The number of rotatable bonds is 7. The molecule has 0 aromatic heterocycles. The summed E-state index contributed by atoms with van der Waals surface area (Å²) in [5, 5.41) is 0.368. The molecular weight excluding hydrogens is 446 g/mol. The Hall–Kier alpha value is -1.73. The van der Waals surface area contributed by atoms with Crippen LogP contribution < -0.4 is 4.72 Å². The Morgan fingerprint density at radius 3 is 2.17 bits per heavy atom. The molecule has 0 radical (unpaired) electrons. The van der Waals surface area contributed by atoms with Crippen LogP contribution in [0.3, 0.4) is 0 Å². The monoisotopic (exact) mass is 467 g/mol. The van der Waals surface area contributed by atoms with Crippen LogP contribution in [0.2, 0.25) is 5.02 Å². The van der Waals surface area contributed by atoms with Crippen LogP contribution in [0.1, 0.15) is 6.92 Å². The van der Waals surface area contributed by atoms with Gasteiger partial charge in [0.05, 0.1) is 11.2 Å². The number of carbonyl (C=O) groups is 2. The van der Waals surface area contributed by atoms with Gasteiger partial charge < -0.3 is 9.64 Å². The Kier molecular flexibility index (Phi) is 7.62. The SMILES string of the molecule is C[C@H](NS(=O)(=O)c1ccc(Cl)cc1)C(=O)OCC(=O)N1CCN(S(C)(=O)=O)CC1. The number of nitrogens with one attached hydrogen (secondary N) is 1. The lowest BCUT2D eigenvalue weighted by atomic mass is 10.3.